The van der Waals surface area contributed by atoms with Crippen LogP contribution in [0.5, 0.6) is 0 Å². The lowest BCUT2D eigenvalue weighted by Gasteiger charge is -2.12. The molecule has 0 bridgehead atoms. The second-order valence-corrected chi connectivity index (χ2v) is 9.54. The molecule has 166 valence electrons. The third kappa shape index (κ3) is 5.92. The minimum absolute atomic E-state index is 0.933. The Morgan fingerprint density at radius 2 is 1.81 bits per heavy atom. The summed E-state index contributed by atoms with van der Waals surface area (Å²) in [5.74, 6) is 0. The standard InChI is InChI=1S/C29H34N2S/c1-8-31(7)19-30-29-16-22(4)27(15-23(29)5)14-20(2)18-32-24(6)25-12-13-28-21(3)10-9-11-26(28)17-25/h9-13,15-19H,6,8,14H2,1-5,7H3/b20-18+,30-19?. The third-order valence-electron chi connectivity index (χ3n) is 5.84. The summed E-state index contributed by atoms with van der Waals surface area (Å²) >= 11 is 1.71. The van der Waals surface area contributed by atoms with Gasteiger partial charge >= 0.3 is 0 Å². The zero-order valence-electron chi connectivity index (χ0n) is 20.2. The van der Waals surface area contributed by atoms with E-state index in [1.54, 1.807) is 11.8 Å². The van der Waals surface area contributed by atoms with Gasteiger partial charge in [0.15, 0.2) is 0 Å². The molecule has 0 atom stereocenters. The molecule has 3 aromatic rings. The molecular formula is C29H34N2S. The normalized spacial score (nSPS) is 12.0. The lowest BCUT2D eigenvalue weighted by Crippen LogP contribution is -2.14. The fourth-order valence-electron chi connectivity index (χ4n) is 3.63. The number of hydrogen-bond acceptors (Lipinski definition) is 2. The van der Waals surface area contributed by atoms with Crippen molar-refractivity contribution < 1.29 is 0 Å². The average molecular weight is 443 g/mol. The van der Waals surface area contributed by atoms with Gasteiger partial charge in [-0.2, -0.15) is 0 Å². The molecule has 0 saturated heterocycles. The summed E-state index contributed by atoms with van der Waals surface area (Å²) in [6.07, 6.45) is 2.84. The van der Waals surface area contributed by atoms with Crippen LogP contribution in [0.1, 0.15) is 41.7 Å². The summed E-state index contributed by atoms with van der Waals surface area (Å²) in [5, 5.41) is 4.81. The number of rotatable bonds is 8. The summed E-state index contributed by atoms with van der Waals surface area (Å²) in [4.78, 5) is 7.80. The summed E-state index contributed by atoms with van der Waals surface area (Å²) in [5.41, 5.74) is 8.71. The summed E-state index contributed by atoms with van der Waals surface area (Å²) in [6.45, 7) is 16.1. The molecule has 3 aromatic carbocycles. The van der Waals surface area contributed by atoms with Gasteiger partial charge in [-0.25, -0.2) is 4.99 Å². The van der Waals surface area contributed by atoms with E-state index < -0.39 is 0 Å². The molecule has 3 heteroatoms. The van der Waals surface area contributed by atoms with Gasteiger partial charge in [0.25, 0.3) is 0 Å². The molecule has 0 spiro atoms. The number of allylic oxidation sites excluding steroid dienone is 1. The summed E-state index contributed by atoms with van der Waals surface area (Å²) in [6, 6.07) is 17.5. The monoisotopic (exact) mass is 442 g/mol. The number of aryl methyl sites for hydroxylation is 3. The Bertz CT molecular complexity index is 1190. The van der Waals surface area contributed by atoms with Gasteiger partial charge in [0, 0.05) is 18.5 Å². The fourth-order valence-corrected chi connectivity index (χ4v) is 4.32. The van der Waals surface area contributed by atoms with E-state index in [4.69, 9.17) is 0 Å². The van der Waals surface area contributed by atoms with Crippen molar-refractivity contribution in [2.24, 2.45) is 4.99 Å². The highest BCUT2D eigenvalue weighted by atomic mass is 32.2. The van der Waals surface area contributed by atoms with Crippen LogP contribution in [-0.4, -0.2) is 24.8 Å². The summed E-state index contributed by atoms with van der Waals surface area (Å²) < 4.78 is 0. The lowest BCUT2D eigenvalue weighted by atomic mass is 9.99. The maximum absolute atomic E-state index is 4.65. The quantitative estimate of drug-likeness (QED) is 0.258. The van der Waals surface area contributed by atoms with Crippen LogP contribution < -0.4 is 0 Å². The largest absolute Gasteiger partial charge is 0.366 e. The number of nitrogens with zero attached hydrogens (tertiary/aromatic N) is 2. The van der Waals surface area contributed by atoms with E-state index in [0.717, 1.165) is 23.6 Å². The summed E-state index contributed by atoms with van der Waals surface area (Å²) in [7, 11) is 2.04. The topological polar surface area (TPSA) is 15.6 Å². The Hall–Kier alpha value is -2.78. The minimum Gasteiger partial charge on any atom is -0.366 e. The van der Waals surface area contributed by atoms with Crippen LogP contribution in [-0.2, 0) is 6.42 Å². The molecule has 0 fully saturated rings. The number of hydrogen-bond donors (Lipinski definition) is 0. The molecule has 32 heavy (non-hydrogen) atoms. The first-order chi connectivity index (χ1) is 15.3. The Morgan fingerprint density at radius 3 is 2.56 bits per heavy atom. The zero-order valence-corrected chi connectivity index (χ0v) is 21.0. The molecule has 0 unspecified atom stereocenters. The lowest BCUT2D eigenvalue weighted by molar-refractivity contribution is 0.552. The third-order valence-corrected chi connectivity index (χ3v) is 6.88. The Kier molecular flexibility index (Phi) is 7.98. The van der Waals surface area contributed by atoms with Crippen LogP contribution in [0.3, 0.4) is 0 Å². The van der Waals surface area contributed by atoms with E-state index in [-0.39, 0.29) is 0 Å². The maximum Gasteiger partial charge on any atom is 0.0909 e. The van der Waals surface area contributed by atoms with E-state index >= 15 is 0 Å². The molecule has 0 aromatic heterocycles. The predicted molar refractivity (Wildman–Crippen MR) is 145 cm³/mol. The first-order valence-electron chi connectivity index (χ1n) is 11.1. The van der Waals surface area contributed by atoms with Gasteiger partial charge in [0.05, 0.1) is 12.0 Å². The van der Waals surface area contributed by atoms with Crippen LogP contribution in [0, 0.1) is 20.8 Å². The van der Waals surface area contributed by atoms with E-state index in [1.807, 2.05) is 13.4 Å². The molecule has 0 saturated carbocycles. The Morgan fingerprint density at radius 1 is 1.03 bits per heavy atom. The fraction of sp³-hybridized carbons (Fsp3) is 0.276. The van der Waals surface area contributed by atoms with E-state index in [2.05, 4.69) is 105 Å². The van der Waals surface area contributed by atoms with Gasteiger partial charge in [-0.1, -0.05) is 60.3 Å². The first-order valence-corrected chi connectivity index (χ1v) is 12.0. The van der Waals surface area contributed by atoms with Gasteiger partial charge < -0.3 is 4.90 Å². The minimum atomic E-state index is 0.933. The first kappa shape index (κ1) is 23.9. The molecule has 0 amide bonds. The SMILES string of the molecule is C=C(S/C=C(\C)Cc1cc(C)c(N=CN(C)CC)cc1C)c1ccc2c(C)cccc2c1. The van der Waals surface area contributed by atoms with Crippen molar-refractivity contribution in [1.29, 1.82) is 0 Å². The van der Waals surface area contributed by atoms with Crippen LogP contribution in [0.15, 0.2) is 71.1 Å². The number of benzene rings is 3. The molecule has 0 radical (unpaired) electrons. The zero-order chi connectivity index (χ0) is 23.3. The van der Waals surface area contributed by atoms with E-state index in [0.29, 0.717) is 0 Å². The number of aliphatic imine (C=N–C) groups is 1. The highest BCUT2D eigenvalue weighted by Gasteiger charge is 2.06. The molecular weight excluding hydrogens is 408 g/mol. The smallest absolute Gasteiger partial charge is 0.0909 e. The van der Waals surface area contributed by atoms with Gasteiger partial charge in [-0.15, -0.1) is 0 Å². The number of thioether (sulfide) groups is 1. The van der Waals surface area contributed by atoms with Crippen molar-refractivity contribution in [2.75, 3.05) is 13.6 Å². The van der Waals surface area contributed by atoms with Crippen molar-refractivity contribution in [3.05, 3.63) is 93.9 Å². The average Bonchev–Trinajstić information content (AvgIpc) is 2.78. The van der Waals surface area contributed by atoms with E-state index in [9.17, 15) is 0 Å². The molecule has 0 aliphatic heterocycles. The van der Waals surface area contributed by atoms with Crippen molar-refractivity contribution >= 4 is 39.5 Å². The highest BCUT2D eigenvalue weighted by Crippen LogP contribution is 2.31. The predicted octanol–water partition coefficient (Wildman–Crippen LogP) is 8.23. The van der Waals surface area contributed by atoms with Crippen molar-refractivity contribution in [3.63, 3.8) is 0 Å². The number of fused-ring (bicyclic) bond motifs is 1. The van der Waals surface area contributed by atoms with Gasteiger partial charge in [0.2, 0.25) is 0 Å². The van der Waals surface area contributed by atoms with Crippen LogP contribution in [0.4, 0.5) is 5.69 Å². The molecule has 2 nitrogen and oxygen atoms in total. The van der Waals surface area contributed by atoms with Gasteiger partial charge in [-0.05, 0) is 97.2 Å². The second-order valence-electron chi connectivity index (χ2n) is 8.58. The van der Waals surface area contributed by atoms with Crippen LogP contribution in [0.2, 0.25) is 0 Å². The highest BCUT2D eigenvalue weighted by molar-refractivity contribution is 8.10. The van der Waals surface area contributed by atoms with Gasteiger partial charge in [0.1, 0.15) is 0 Å². The molecule has 0 N–H and O–H groups in total. The van der Waals surface area contributed by atoms with Crippen LogP contribution >= 0.6 is 11.8 Å². The van der Waals surface area contributed by atoms with Crippen LogP contribution in [0.25, 0.3) is 15.7 Å². The molecule has 0 heterocycles. The Balaban J connectivity index is 1.70. The van der Waals surface area contributed by atoms with Crippen molar-refractivity contribution in [1.82, 2.24) is 4.90 Å². The molecule has 0 aliphatic rings. The van der Waals surface area contributed by atoms with Crippen molar-refractivity contribution in [2.45, 2.75) is 41.0 Å². The van der Waals surface area contributed by atoms with Gasteiger partial charge in [-0.3, -0.25) is 0 Å². The second kappa shape index (κ2) is 10.7. The van der Waals surface area contributed by atoms with E-state index in [1.165, 1.54) is 44.2 Å². The molecule has 3 rings (SSSR count). The maximum atomic E-state index is 4.65. The Labute approximate surface area is 197 Å². The van der Waals surface area contributed by atoms with Crippen molar-refractivity contribution in [3.8, 4) is 0 Å². The molecule has 0 aliphatic carbocycles.